The van der Waals surface area contributed by atoms with Crippen molar-refractivity contribution in [2.45, 2.75) is 6.42 Å². The van der Waals surface area contributed by atoms with E-state index in [-0.39, 0.29) is 0 Å². The molecule has 0 heterocycles. The molecule has 0 rings (SSSR count). The lowest BCUT2D eigenvalue weighted by Crippen LogP contribution is -2.31. The van der Waals surface area contributed by atoms with E-state index in [1.807, 2.05) is 12.2 Å². The SMILES string of the molecule is C=CC[N+](CC=C)CCC#N. The quantitative estimate of drug-likeness (QED) is 0.416. The zero-order valence-electron chi connectivity index (χ0n) is 6.79. The van der Waals surface area contributed by atoms with E-state index >= 15 is 0 Å². The highest BCUT2D eigenvalue weighted by Crippen LogP contribution is 1.86. The van der Waals surface area contributed by atoms with E-state index in [9.17, 15) is 0 Å². The van der Waals surface area contributed by atoms with Crippen molar-refractivity contribution in [1.29, 1.82) is 5.26 Å². The van der Waals surface area contributed by atoms with Crippen molar-refractivity contribution in [3.63, 3.8) is 0 Å². The Morgan fingerprint density at radius 3 is 2.18 bits per heavy atom. The van der Waals surface area contributed by atoms with Crippen LogP contribution in [0.15, 0.2) is 25.3 Å². The minimum Gasteiger partial charge on any atom is -0.198 e. The van der Waals surface area contributed by atoms with Crippen molar-refractivity contribution in [1.82, 2.24) is 4.90 Å². The van der Waals surface area contributed by atoms with Gasteiger partial charge in [0.15, 0.2) is 0 Å². The van der Waals surface area contributed by atoms with Crippen molar-refractivity contribution in [2.24, 2.45) is 0 Å². The zero-order valence-corrected chi connectivity index (χ0v) is 6.79. The molecule has 59 valence electrons. The van der Waals surface area contributed by atoms with E-state index in [1.54, 1.807) is 0 Å². The van der Waals surface area contributed by atoms with Gasteiger partial charge < -0.3 is 0 Å². The minimum atomic E-state index is 0.571. The summed E-state index contributed by atoms with van der Waals surface area (Å²) in [5.41, 5.74) is 0. The molecule has 0 aromatic heterocycles. The summed E-state index contributed by atoms with van der Waals surface area (Å²) in [5.74, 6) is 0. The van der Waals surface area contributed by atoms with Gasteiger partial charge in [0.1, 0.15) is 19.6 Å². The van der Waals surface area contributed by atoms with Gasteiger partial charge in [0.05, 0.1) is 12.5 Å². The van der Waals surface area contributed by atoms with E-state index in [4.69, 9.17) is 5.26 Å². The molecule has 0 unspecified atom stereocenters. The lowest BCUT2D eigenvalue weighted by Gasteiger charge is -2.04. The highest BCUT2D eigenvalue weighted by Gasteiger charge is 2.08. The van der Waals surface area contributed by atoms with Crippen molar-refractivity contribution in [3.05, 3.63) is 25.3 Å². The third-order valence-corrected chi connectivity index (χ3v) is 1.31. The topological polar surface area (TPSA) is 29.7 Å². The third kappa shape index (κ3) is 5.38. The highest BCUT2D eigenvalue weighted by molar-refractivity contribution is 4.85. The molecule has 0 aliphatic carbocycles. The summed E-state index contributed by atoms with van der Waals surface area (Å²) in [6.07, 6.45) is 4.24. The van der Waals surface area contributed by atoms with Crippen LogP contribution >= 0.6 is 0 Å². The maximum absolute atomic E-state index is 8.32. The van der Waals surface area contributed by atoms with Crippen LogP contribution in [0.25, 0.3) is 0 Å². The van der Waals surface area contributed by atoms with E-state index in [0.29, 0.717) is 6.42 Å². The van der Waals surface area contributed by atoms with Crippen LogP contribution in [0.5, 0.6) is 0 Å². The summed E-state index contributed by atoms with van der Waals surface area (Å²) in [4.78, 5) is 2.11. The summed E-state index contributed by atoms with van der Waals surface area (Å²) < 4.78 is 0. The number of rotatable bonds is 6. The highest BCUT2D eigenvalue weighted by atomic mass is 15.1. The molecule has 0 fully saturated rings. The first kappa shape index (κ1) is 9.93. The van der Waals surface area contributed by atoms with E-state index in [1.165, 1.54) is 0 Å². The molecule has 0 aromatic carbocycles. The molecule has 0 atom stereocenters. The Morgan fingerprint density at radius 1 is 1.27 bits per heavy atom. The normalized spacial score (nSPS) is 9.09. The Balaban J connectivity index is 3.60. The first-order chi connectivity index (χ1) is 5.35. The number of nitriles is 1. The van der Waals surface area contributed by atoms with Crippen LogP contribution in [0.1, 0.15) is 6.42 Å². The number of hydrogen-bond donors (Lipinski definition) is 0. The predicted octanol–water partition coefficient (Wildman–Crippen LogP) is 1.41. The van der Waals surface area contributed by atoms with E-state index in [0.717, 1.165) is 19.6 Å². The zero-order chi connectivity index (χ0) is 8.53. The molecule has 0 saturated carbocycles. The number of hydrogen-bond acceptors (Lipinski definition) is 2. The first-order valence-corrected chi connectivity index (χ1v) is 3.66. The number of nitrogens with zero attached hydrogens (tertiary/aromatic N) is 2. The van der Waals surface area contributed by atoms with Crippen molar-refractivity contribution >= 4 is 0 Å². The average molecular weight is 150 g/mol. The third-order valence-electron chi connectivity index (χ3n) is 1.31. The summed E-state index contributed by atoms with van der Waals surface area (Å²) in [5, 5.41) is 8.32. The van der Waals surface area contributed by atoms with Gasteiger partial charge in [-0.1, -0.05) is 13.2 Å². The lowest BCUT2D eigenvalue weighted by atomic mass is 10.4. The lowest BCUT2D eigenvalue weighted by molar-refractivity contribution is 0.491. The molecule has 0 saturated heterocycles. The van der Waals surface area contributed by atoms with Crippen molar-refractivity contribution < 1.29 is 0 Å². The van der Waals surface area contributed by atoms with E-state index in [2.05, 4.69) is 24.1 Å². The molecule has 0 aliphatic heterocycles. The Morgan fingerprint density at radius 2 is 1.82 bits per heavy atom. The fraction of sp³-hybridized carbons (Fsp3) is 0.444. The summed E-state index contributed by atoms with van der Waals surface area (Å²) in [6, 6.07) is 2.10. The van der Waals surface area contributed by atoms with Crippen LogP contribution in [0, 0.1) is 11.3 Å². The van der Waals surface area contributed by atoms with E-state index < -0.39 is 0 Å². The van der Waals surface area contributed by atoms with Crippen molar-refractivity contribution in [3.8, 4) is 6.07 Å². The summed E-state index contributed by atoms with van der Waals surface area (Å²) >= 11 is 0. The molecule has 11 heavy (non-hydrogen) atoms. The second-order valence-electron chi connectivity index (χ2n) is 2.25. The van der Waals surface area contributed by atoms with Gasteiger partial charge in [-0.15, -0.1) is 0 Å². The van der Waals surface area contributed by atoms with Crippen LogP contribution in [0.4, 0.5) is 0 Å². The molecule has 1 radical (unpaired) electrons. The maximum Gasteiger partial charge on any atom is 0.141 e. The van der Waals surface area contributed by atoms with Gasteiger partial charge >= 0.3 is 0 Å². The fourth-order valence-electron chi connectivity index (χ4n) is 0.830. The van der Waals surface area contributed by atoms with Crippen LogP contribution in [-0.4, -0.2) is 19.6 Å². The Hall–Kier alpha value is -1.07. The second kappa shape index (κ2) is 7.04. The molecule has 0 bridgehead atoms. The molecular weight excluding hydrogens is 136 g/mol. The fourth-order valence-corrected chi connectivity index (χ4v) is 0.830. The molecular formula is C9H14N2+. The van der Waals surface area contributed by atoms with Crippen LogP contribution in [0.3, 0.4) is 0 Å². The standard InChI is InChI=1S/C9H14N2/c1-3-7-11(8-4-2)9-5-6-10/h3-4H,1-2,5,7-9H2/q+1. The summed E-state index contributed by atoms with van der Waals surface area (Å²) in [7, 11) is 0. The van der Waals surface area contributed by atoms with Crippen molar-refractivity contribution in [2.75, 3.05) is 19.6 Å². The van der Waals surface area contributed by atoms with Crippen LogP contribution < -0.4 is 4.90 Å². The van der Waals surface area contributed by atoms with Gasteiger partial charge in [-0.25, -0.2) is 0 Å². The van der Waals surface area contributed by atoms with Gasteiger partial charge in [0.2, 0.25) is 0 Å². The predicted molar refractivity (Wildman–Crippen MR) is 47.4 cm³/mol. The molecule has 0 aliphatic rings. The Kier molecular flexibility index (Phi) is 6.36. The molecule has 0 aromatic rings. The molecule has 0 amide bonds. The van der Waals surface area contributed by atoms with Gasteiger partial charge in [0.25, 0.3) is 0 Å². The largest absolute Gasteiger partial charge is 0.198 e. The van der Waals surface area contributed by atoms with Crippen LogP contribution in [-0.2, 0) is 0 Å². The minimum absolute atomic E-state index is 0.571. The Labute approximate surface area is 68.4 Å². The molecule has 0 N–H and O–H groups in total. The smallest absolute Gasteiger partial charge is 0.141 e. The summed E-state index contributed by atoms with van der Waals surface area (Å²) in [6.45, 7) is 9.72. The maximum atomic E-state index is 8.32. The molecule has 2 heteroatoms. The second-order valence-corrected chi connectivity index (χ2v) is 2.25. The molecule has 0 spiro atoms. The van der Waals surface area contributed by atoms with Crippen LogP contribution in [0.2, 0.25) is 0 Å². The molecule has 2 nitrogen and oxygen atoms in total. The first-order valence-electron chi connectivity index (χ1n) is 3.66. The van der Waals surface area contributed by atoms with Gasteiger partial charge in [-0.2, -0.15) is 10.2 Å². The Bertz CT molecular complexity index is 145. The average Bonchev–Trinajstić information content (AvgIpc) is 2.01. The van der Waals surface area contributed by atoms with Gasteiger partial charge in [0, 0.05) is 0 Å². The van der Waals surface area contributed by atoms with Gasteiger partial charge in [-0.3, -0.25) is 0 Å². The monoisotopic (exact) mass is 150 g/mol. The van der Waals surface area contributed by atoms with Gasteiger partial charge in [-0.05, 0) is 12.2 Å².